The fourth-order valence-corrected chi connectivity index (χ4v) is 4.38. The zero-order chi connectivity index (χ0) is 17.3. The van der Waals surface area contributed by atoms with Crippen LogP contribution < -0.4 is 10.1 Å². The van der Waals surface area contributed by atoms with Crippen molar-refractivity contribution in [1.82, 2.24) is 10.2 Å². The van der Waals surface area contributed by atoms with Gasteiger partial charge in [0.2, 0.25) is 5.91 Å². The molecular formula is C20H28N2O3. The van der Waals surface area contributed by atoms with Gasteiger partial charge in [-0.05, 0) is 38.3 Å². The van der Waals surface area contributed by atoms with E-state index >= 15 is 0 Å². The minimum atomic E-state index is -0.284. The number of benzene rings is 1. The second kappa shape index (κ2) is 6.96. The normalized spacial score (nSPS) is 28.4. The second-order valence-electron chi connectivity index (χ2n) is 7.52. The second-order valence-corrected chi connectivity index (χ2v) is 7.52. The smallest absolute Gasteiger partial charge is 0.249 e. The highest BCUT2D eigenvalue weighted by molar-refractivity contribution is 5.81. The molecule has 2 fully saturated rings. The van der Waals surface area contributed by atoms with Crippen molar-refractivity contribution in [2.24, 2.45) is 0 Å². The van der Waals surface area contributed by atoms with Crippen molar-refractivity contribution in [3.05, 3.63) is 29.8 Å². The van der Waals surface area contributed by atoms with Gasteiger partial charge in [-0.2, -0.15) is 0 Å². The van der Waals surface area contributed by atoms with Crippen molar-refractivity contribution >= 4 is 5.91 Å². The lowest BCUT2D eigenvalue weighted by Gasteiger charge is -2.47. The Kier molecular flexibility index (Phi) is 4.69. The van der Waals surface area contributed by atoms with Gasteiger partial charge in [-0.25, -0.2) is 0 Å². The first-order chi connectivity index (χ1) is 12.2. The average molecular weight is 344 g/mol. The molecule has 136 valence electrons. The van der Waals surface area contributed by atoms with Crippen LogP contribution in [-0.4, -0.2) is 48.8 Å². The van der Waals surface area contributed by atoms with Crippen LogP contribution in [-0.2, 0) is 9.53 Å². The van der Waals surface area contributed by atoms with Gasteiger partial charge in [-0.15, -0.1) is 0 Å². The molecule has 3 aliphatic heterocycles. The summed E-state index contributed by atoms with van der Waals surface area (Å²) in [4.78, 5) is 15.1. The Labute approximate surface area is 149 Å². The SMILES string of the molecule is CCN1CCC2(CC1)CC(NC(=O)[C@H]1CCCO1)c1ccccc1O2. The lowest BCUT2D eigenvalue weighted by atomic mass is 9.80. The zero-order valence-electron chi connectivity index (χ0n) is 15.0. The Morgan fingerprint density at radius 1 is 1.32 bits per heavy atom. The van der Waals surface area contributed by atoms with Crippen LogP contribution in [0.2, 0.25) is 0 Å². The van der Waals surface area contributed by atoms with Crippen LogP contribution in [0.4, 0.5) is 0 Å². The molecule has 2 atom stereocenters. The minimum absolute atomic E-state index is 0.00910. The van der Waals surface area contributed by atoms with E-state index < -0.39 is 0 Å². The summed E-state index contributed by atoms with van der Waals surface area (Å²) >= 11 is 0. The molecule has 0 saturated carbocycles. The Balaban J connectivity index is 1.54. The van der Waals surface area contributed by atoms with Crippen LogP contribution in [0.15, 0.2) is 24.3 Å². The molecule has 0 aliphatic carbocycles. The van der Waals surface area contributed by atoms with Gasteiger partial charge in [0.25, 0.3) is 0 Å². The third kappa shape index (κ3) is 3.40. The maximum Gasteiger partial charge on any atom is 0.249 e. The maximum absolute atomic E-state index is 12.6. The van der Waals surface area contributed by atoms with E-state index in [1.54, 1.807) is 0 Å². The van der Waals surface area contributed by atoms with Crippen LogP contribution in [0.3, 0.4) is 0 Å². The summed E-state index contributed by atoms with van der Waals surface area (Å²) in [7, 11) is 0. The predicted octanol–water partition coefficient (Wildman–Crippen LogP) is 2.66. The van der Waals surface area contributed by atoms with E-state index in [4.69, 9.17) is 9.47 Å². The third-order valence-electron chi connectivity index (χ3n) is 5.95. The molecule has 1 aromatic carbocycles. The summed E-state index contributed by atoms with van der Waals surface area (Å²) in [6.07, 6.45) is 4.39. The Morgan fingerprint density at radius 3 is 2.84 bits per heavy atom. The third-order valence-corrected chi connectivity index (χ3v) is 5.95. The van der Waals surface area contributed by atoms with Crippen molar-refractivity contribution in [3.63, 3.8) is 0 Å². The fourth-order valence-electron chi connectivity index (χ4n) is 4.38. The highest BCUT2D eigenvalue weighted by atomic mass is 16.5. The van der Waals surface area contributed by atoms with Crippen molar-refractivity contribution < 1.29 is 14.3 Å². The topological polar surface area (TPSA) is 50.8 Å². The monoisotopic (exact) mass is 344 g/mol. The number of para-hydroxylation sites is 1. The first kappa shape index (κ1) is 16.9. The highest BCUT2D eigenvalue weighted by Gasteiger charge is 2.43. The molecule has 5 nitrogen and oxygen atoms in total. The number of nitrogens with zero attached hydrogens (tertiary/aromatic N) is 1. The number of carbonyl (C=O) groups is 1. The first-order valence-corrected chi connectivity index (χ1v) is 9.61. The molecule has 0 bridgehead atoms. The standard InChI is InChI=1S/C20H28N2O3/c1-2-22-11-9-20(10-12-22)14-16(15-6-3-4-7-17(15)25-20)21-19(23)18-8-5-13-24-18/h3-4,6-7,16,18H,2,5,8-14H2,1H3,(H,21,23)/t16?,18-/m1/s1. The van der Waals surface area contributed by atoms with E-state index in [1.165, 1.54) is 0 Å². The number of likely N-dealkylation sites (tertiary alicyclic amines) is 1. The zero-order valence-corrected chi connectivity index (χ0v) is 15.0. The number of amides is 1. The Hall–Kier alpha value is -1.59. The van der Waals surface area contributed by atoms with E-state index in [1.807, 2.05) is 18.2 Å². The molecule has 25 heavy (non-hydrogen) atoms. The lowest BCUT2D eigenvalue weighted by molar-refractivity contribution is -0.131. The number of nitrogens with one attached hydrogen (secondary N) is 1. The number of hydrogen-bond acceptors (Lipinski definition) is 4. The van der Waals surface area contributed by atoms with Gasteiger partial charge in [0.15, 0.2) is 0 Å². The van der Waals surface area contributed by atoms with E-state index in [-0.39, 0.29) is 23.7 Å². The minimum Gasteiger partial charge on any atom is -0.487 e. The van der Waals surface area contributed by atoms with Crippen LogP contribution in [0.25, 0.3) is 0 Å². The Bertz CT molecular complexity index is 619. The molecule has 2 saturated heterocycles. The highest BCUT2D eigenvalue weighted by Crippen LogP contribution is 2.44. The van der Waals surface area contributed by atoms with E-state index in [2.05, 4.69) is 23.2 Å². The summed E-state index contributed by atoms with van der Waals surface area (Å²) in [6.45, 7) is 6.11. The molecular weight excluding hydrogens is 316 g/mol. The Morgan fingerprint density at radius 2 is 2.12 bits per heavy atom. The summed E-state index contributed by atoms with van der Waals surface area (Å²) in [5, 5.41) is 3.26. The summed E-state index contributed by atoms with van der Waals surface area (Å²) < 4.78 is 12.0. The van der Waals surface area contributed by atoms with Gasteiger partial charge in [0.05, 0.1) is 6.04 Å². The quantitative estimate of drug-likeness (QED) is 0.916. The summed E-state index contributed by atoms with van der Waals surface area (Å²) in [5.74, 6) is 0.955. The van der Waals surface area contributed by atoms with Crippen molar-refractivity contribution in [1.29, 1.82) is 0 Å². The number of fused-ring (bicyclic) bond motifs is 1. The van der Waals surface area contributed by atoms with E-state index in [9.17, 15) is 4.79 Å². The summed E-state index contributed by atoms with van der Waals surface area (Å²) in [5.41, 5.74) is 0.937. The van der Waals surface area contributed by atoms with Gasteiger partial charge in [-0.1, -0.05) is 25.1 Å². The van der Waals surface area contributed by atoms with Gasteiger partial charge in [0, 0.05) is 31.7 Å². The van der Waals surface area contributed by atoms with Crippen molar-refractivity contribution in [2.45, 2.75) is 56.8 Å². The molecule has 1 unspecified atom stereocenters. The molecule has 0 aromatic heterocycles. The molecule has 5 heteroatoms. The van der Waals surface area contributed by atoms with Gasteiger partial charge < -0.3 is 19.7 Å². The molecule has 1 spiro atoms. The lowest BCUT2D eigenvalue weighted by Crippen LogP contribution is -2.52. The van der Waals surface area contributed by atoms with Crippen molar-refractivity contribution in [3.8, 4) is 5.75 Å². The van der Waals surface area contributed by atoms with Gasteiger partial charge >= 0.3 is 0 Å². The molecule has 4 rings (SSSR count). The number of ether oxygens (including phenoxy) is 2. The molecule has 0 radical (unpaired) electrons. The molecule has 3 aliphatic rings. The molecule has 1 N–H and O–H groups in total. The maximum atomic E-state index is 12.6. The van der Waals surface area contributed by atoms with Crippen LogP contribution in [0, 0.1) is 0 Å². The number of piperidine rings is 1. The fraction of sp³-hybridized carbons (Fsp3) is 0.650. The van der Waals surface area contributed by atoms with Crippen LogP contribution in [0.1, 0.15) is 50.6 Å². The van der Waals surface area contributed by atoms with Gasteiger partial charge in [-0.3, -0.25) is 4.79 Å². The molecule has 1 aromatic rings. The molecule has 1 amide bonds. The van der Waals surface area contributed by atoms with Crippen LogP contribution in [0.5, 0.6) is 5.75 Å². The van der Waals surface area contributed by atoms with Crippen molar-refractivity contribution in [2.75, 3.05) is 26.2 Å². The van der Waals surface area contributed by atoms with Crippen LogP contribution >= 0.6 is 0 Å². The molecule has 3 heterocycles. The average Bonchev–Trinajstić information content (AvgIpc) is 3.17. The van der Waals surface area contributed by atoms with E-state index in [0.717, 1.165) is 63.1 Å². The summed E-state index contributed by atoms with van der Waals surface area (Å²) in [6, 6.07) is 8.15. The number of rotatable bonds is 3. The predicted molar refractivity (Wildman–Crippen MR) is 95.6 cm³/mol. The van der Waals surface area contributed by atoms with Gasteiger partial charge in [0.1, 0.15) is 17.5 Å². The largest absolute Gasteiger partial charge is 0.487 e. The number of carbonyl (C=O) groups excluding carboxylic acids is 1. The van der Waals surface area contributed by atoms with E-state index in [0.29, 0.717) is 6.61 Å². The first-order valence-electron chi connectivity index (χ1n) is 9.61. The number of hydrogen-bond donors (Lipinski definition) is 1.